The van der Waals surface area contributed by atoms with Crippen LogP contribution in [0.1, 0.15) is 31.2 Å². The average molecular weight is 334 g/mol. The molecule has 1 aliphatic carbocycles. The monoisotopic (exact) mass is 334 g/mol. The predicted molar refractivity (Wildman–Crippen MR) is 87.0 cm³/mol. The second kappa shape index (κ2) is 6.89. The third-order valence-corrected chi connectivity index (χ3v) is 5.00. The van der Waals surface area contributed by atoms with Crippen molar-refractivity contribution in [2.75, 3.05) is 13.6 Å². The van der Waals surface area contributed by atoms with Crippen LogP contribution in [0.25, 0.3) is 0 Å². The highest BCUT2D eigenvalue weighted by Crippen LogP contribution is 2.37. The Morgan fingerprint density at radius 2 is 1.79 bits per heavy atom. The molecule has 0 spiro atoms. The zero-order chi connectivity index (χ0) is 17.3. The third-order valence-electron chi connectivity index (χ3n) is 5.00. The van der Waals surface area contributed by atoms with E-state index in [1.807, 2.05) is 4.90 Å². The summed E-state index contributed by atoms with van der Waals surface area (Å²) < 4.78 is 12.9. The first kappa shape index (κ1) is 16.9. The molecule has 1 saturated carbocycles. The molecule has 2 atom stereocenters. The van der Waals surface area contributed by atoms with Gasteiger partial charge >= 0.3 is 5.97 Å². The summed E-state index contributed by atoms with van der Waals surface area (Å²) in [6.45, 7) is 0.539. The summed E-state index contributed by atoms with van der Waals surface area (Å²) in [5.41, 5.74) is 0.977. The molecule has 0 radical (unpaired) electrons. The molecule has 1 heterocycles. The molecule has 1 N–H and O–H groups in total. The molecule has 2 fully saturated rings. The number of carbonyl (C=O) groups is 2. The number of hydrogen-bond donors (Lipinski definition) is 1. The van der Waals surface area contributed by atoms with E-state index in [0.29, 0.717) is 25.8 Å². The third kappa shape index (κ3) is 3.59. The van der Waals surface area contributed by atoms with Crippen molar-refractivity contribution in [3.8, 4) is 0 Å². The number of nitrogens with zero attached hydrogens (tertiary/aromatic N) is 2. The molecule has 3 rings (SSSR count). The zero-order valence-corrected chi connectivity index (χ0v) is 13.8. The summed E-state index contributed by atoms with van der Waals surface area (Å²) in [7, 11) is 1.75. The summed E-state index contributed by atoms with van der Waals surface area (Å²) in [6.07, 6.45) is 3.75. The largest absolute Gasteiger partial charge is 0.480 e. The van der Waals surface area contributed by atoms with Crippen molar-refractivity contribution < 1.29 is 19.1 Å². The van der Waals surface area contributed by atoms with Crippen LogP contribution in [-0.4, -0.2) is 58.5 Å². The number of carboxylic acid groups (broad SMARTS) is 1. The predicted octanol–water partition coefficient (Wildman–Crippen LogP) is 1.91. The maximum Gasteiger partial charge on any atom is 0.320 e. The van der Waals surface area contributed by atoms with Crippen molar-refractivity contribution in [2.24, 2.45) is 0 Å². The van der Waals surface area contributed by atoms with E-state index in [0.717, 1.165) is 18.4 Å². The fraction of sp³-hybridized carbons (Fsp3) is 0.556. The first-order valence-electron chi connectivity index (χ1n) is 8.47. The van der Waals surface area contributed by atoms with Crippen molar-refractivity contribution >= 4 is 11.9 Å². The maximum absolute atomic E-state index is 12.9. The van der Waals surface area contributed by atoms with Gasteiger partial charge in [-0.2, -0.15) is 0 Å². The minimum atomic E-state index is -0.828. The van der Waals surface area contributed by atoms with Gasteiger partial charge in [0.2, 0.25) is 5.91 Å². The summed E-state index contributed by atoms with van der Waals surface area (Å²) in [5.74, 6) is -1.10. The number of carboxylic acids is 1. The topological polar surface area (TPSA) is 60.9 Å². The molecule has 0 bridgehead atoms. The normalized spacial score (nSPS) is 24.1. The van der Waals surface area contributed by atoms with Crippen LogP contribution in [0, 0.1) is 5.82 Å². The van der Waals surface area contributed by atoms with Crippen LogP contribution >= 0.6 is 0 Å². The Balaban J connectivity index is 1.60. The van der Waals surface area contributed by atoms with Gasteiger partial charge in [-0.1, -0.05) is 12.1 Å². The van der Waals surface area contributed by atoms with Crippen molar-refractivity contribution in [1.29, 1.82) is 0 Å². The van der Waals surface area contributed by atoms with Gasteiger partial charge in [0.1, 0.15) is 11.9 Å². The highest BCUT2D eigenvalue weighted by molar-refractivity contribution is 5.84. The fourth-order valence-corrected chi connectivity index (χ4v) is 3.53. The Hall–Kier alpha value is -1.95. The molecule has 1 aliphatic heterocycles. The zero-order valence-electron chi connectivity index (χ0n) is 13.8. The Morgan fingerprint density at radius 3 is 2.38 bits per heavy atom. The molecule has 6 heteroatoms. The van der Waals surface area contributed by atoms with Gasteiger partial charge in [-0.25, -0.2) is 4.39 Å². The lowest BCUT2D eigenvalue weighted by Gasteiger charge is -2.30. The van der Waals surface area contributed by atoms with Gasteiger partial charge in [0.15, 0.2) is 0 Å². The number of likely N-dealkylation sites (N-methyl/N-ethyl adjacent to an activating group) is 1. The van der Waals surface area contributed by atoms with E-state index in [4.69, 9.17) is 0 Å². The van der Waals surface area contributed by atoms with Crippen LogP contribution < -0.4 is 0 Å². The molecule has 0 aromatic heterocycles. The van der Waals surface area contributed by atoms with Crippen LogP contribution in [0.15, 0.2) is 24.3 Å². The summed E-state index contributed by atoms with van der Waals surface area (Å²) in [6, 6.07) is 5.67. The number of hydrogen-bond acceptors (Lipinski definition) is 3. The highest BCUT2D eigenvalue weighted by Gasteiger charge is 2.48. The Labute approximate surface area is 141 Å². The molecule has 1 saturated heterocycles. The lowest BCUT2D eigenvalue weighted by atomic mass is 10.1. The number of rotatable bonds is 6. The van der Waals surface area contributed by atoms with Crippen molar-refractivity contribution in [3.05, 3.63) is 35.6 Å². The Morgan fingerprint density at radius 1 is 1.17 bits per heavy atom. The molecule has 24 heavy (non-hydrogen) atoms. The van der Waals surface area contributed by atoms with Crippen LogP contribution in [0.4, 0.5) is 4.39 Å². The van der Waals surface area contributed by atoms with Gasteiger partial charge in [0, 0.05) is 19.6 Å². The second-order valence-electron chi connectivity index (χ2n) is 6.76. The quantitative estimate of drug-likeness (QED) is 0.863. The van der Waals surface area contributed by atoms with Gasteiger partial charge in [-0.15, -0.1) is 0 Å². The molecular weight excluding hydrogens is 311 g/mol. The molecule has 1 aromatic carbocycles. The van der Waals surface area contributed by atoms with Gasteiger partial charge in [-0.3, -0.25) is 14.5 Å². The first-order chi connectivity index (χ1) is 11.5. The molecule has 2 unspecified atom stereocenters. The first-order valence-corrected chi connectivity index (χ1v) is 8.47. The fourth-order valence-electron chi connectivity index (χ4n) is 3.53. The number of aliphatic carboxylic acids is 1. The standard InChI is InChI=1S/C18H23FN2O3/c1-20(11-10-12-2-4-13(19)5-3-12)17(22)15-8-9-16(18(23)24)21(15)14-6-7-14/h2-5,14-16H,6-11H2,1H3,(H,23,24). The molecule has 130 valence electrons. The van der Waals surface area contributed by atoms with Crippen LogP contribution in [0.5, 0.6) is 0 Å². The molecule has 5 nitrogen and oxygen atoms in total. The highest BCUT2D eigenvalue weighted by atomic mass is 19.1. The van der Waals surface area contributed by atoms with E-state index in [1.54, 1.807) is 24.1 Å². The Kier molecular flexibility index (Phi) is 4.85. The lowest BCUT2D eigenvalue weighted by molar-refractivity contribution is -0.144. The molecular formula is C18H23FN2O3. The minimum Gasteiger partial charge on any atom is -0.480 e. The number of benzene rings is 1. The SMILES string of the molecule is CN(CCc1ccc(F)cc1)C(=O)C1CCC(C(=O)O)N1C1CC1. The summed E-state index contributed by atoms with van der Waals surface area (Å²) in [4.78, 5) is 27.8. The van der Waals surface area contributed by atoms with E-state index in [9.17, 15) is 19.1 Å². The van der Waals surface area contributed by atoms with E-state index in [2.05, 4.69) is 0 Å². The lowest BCUT2D eigenvalue weighted by Crippen LogP contribution is -2.49. The number of halogens is 1. The summed E-state index contributed by atoms with van der Waals surface area (Å²) >= 11 is 0. The van der Waals surface area contributed by atoms with E-state index >= 15 is 0 Å². The van der Waals surface area contributed by atoms with Crippen molar-refractivity contribution in [2.45, 2.75) is 50.2 Å². The van der Waals surface area contributed by atoms with Crippen LogP contribution in [0.3, 0.4) is 0 Å². The minimum absolute atomic E-state index is 0.00670. The van der Waals surface area contributed by atoms with E-state index in [-0.39, 0.29) is 23.8 Å². The van der Waals surface area contributed by atoms with Gasteiger partial charge in [0.05, 0.1) is 6.04 Å². The smallest absolute Gasteiger partial charge is 0.320 e. The van der Waals surface area contributed by atoms with Crippen molar-refractivity contribution in [3.63, 3.8) is 0 Å². The molecule has 2 aliphatic rings. The van der Waals surface area contributed by atoms with Gasteiger partial charge < -0.3 is 10.0 Å². The molecule has 1 amide bonds. The Bertz CT molecular complexity index is 615. The number of carbonyl (C=O) groups excluding carboxylic acids is 1. The van der Waals surface area contributed by atoms with E-state index < -0.39 is 12.0 Å². The van der Waals surface area contributed by atoms with E-state index in [1.165, 1.54) is 12.1 Å². The van der Waals surface area contributed by atoms with Crippen molar-refractivity contribution in [1.82, 2.24) is 9.80 Å². The van der Waals surface area contributed by atoms with Gasteiger partial charge in [-0.05, 0) is 49.8 Å². The van der Waals surface area contributed by atoms with Gasteiger partial charge in [0.25, 0.3) is 0 Å². The number of likely N-dealkylation sites (tertiary alicyclic amines) is 1. The number of amides is 1. The van der Waals surface area contributed by atoms with Crippen LogP contribution in [0.2, 0.25) is 0 Å². The van der Waals surface area contributed by atoms with Crippen LogP contribution in [-0.2, 0) is 16.0 Å². The summed E-state index contributed by atoms with van der Waals surface area (Å²) in [5, 5.41) is 9.38. The maximum atomic E-state index is 12.9. The molecule has 1 aromatic rings. The average Bonchev–Trinajstić information content (AvgIpc) is 3.31. The second-order valence-corrected chi connectivity index (χ2v) is 6.76.